The number of hydrogen-bond acceptors (Lipinski definition) is 5. The van der Waals surface area contributed by atoms with Crippen molar-refractivity contribution in [3.05, 3.63) is 101 Å². The molecule has 3 aromatic carbocycles. The Morgan fingerprint density at radius 1 is 0.889 bits per heavy atom. The molecule has 1 aliphatic heterocycles. The second-order valence-corrected chi connectivity index (χ2v) is 12.3. The number of carbonyl (C=O) groups is 4. The van der Waals surface area contributed by atoms with Crippen LogP contribution in [0.2, 0.25) is 0 Å². The molecule has 1 heterocycles. The number of amides is 3. The largest absolute Gasteiger partial charge is 0.481 e. The number of unbranched alkanes of at least 4 members (excludes halogenated alkanes) is 3. The van der Waals surface area contributed by atoms with Crippen molar-refractivity contribution in [1.29, 1.82) is 0 Å². The van der Waals surface area contributed by atoms with E-state index in [1.54, 1.807) is 4.90 Å². The number of carboxylic acid groups (broad SMARTS) is 1. The summed E-state index contributed by atoms with van der Waals surface area (Å²) in [5.74, 6) is -1.66. The van der Waals surface area contributed by atoms with Gasteiger partial charge in [0.2, 0.25) is 5.91 Å². The lowest BCUT2D eigenvalue weighted by Crippen LogP contribution is -2.42. The van der Waals surface area contributed by atoms with Crippen LogP contribution in [-0.4, -0.2) is 59.1 Å². The SMILES string of the molecule is CC(C)(C)OC(=O)NCCCCCCc1ccc2c(c1)C(=O)N(CCC(=O)O)CC(=O)N2C(c1ccccc1)c1ccccc1. The Balaban J connectivity index is 1.55. The molecule has 0 saturated heterocycles. The number of aliphatic carboxylic acids is 1. The summed E-state index contributed by atoms with van der Waals surface area (Å²) in [6, 6.07) is 24.6. The number of benzene rings is 3. The summed E-state index contributed by atoms with van der Waals surface area (Å²) >= 11 is 0. The maximum Gasteiger partial charge on any atom is 0.407 e. The van der Waals surface area contributed by atoms with E-state index < -0.39 is 23.7 Å². The van der Waals surface area contributed by atoms with E-state index >= 15 is 0 Å². The maximum atomic E-state index is 14.0. The number of rotatable bonds is 13. The van der Waals surface area contributed by atoms with Crippen molar-refractivity contribution in [2.24, 2.45) is 0 Å². The van der Waals surface area contributed by atoms with Crippen LogP contribution >= 0.6 is 0 Å². The van der Waals surface area contributed by atoms with E-state index in [4.69, 9.17) is 4.74 Å². The van der Waals surface area contributed by atoms with Crippen LogP contribution in [0.25, 0.3) is 0 Å². The van der Waals surface area contributed by atoms with Gasteiger partial charge in [-0.3, -0.25) is 19.3 Å². The van der Waals surface area contributed by atoms with E-state index in [0.717, 1.165) is 48.8 Å². The van der Waals surface area contributed by atoms with Gasteiger partial charge in [-0.2, -0.15) is 0 Å². The monoisotopic (exact) mass is 613 g/mol. The number of alkyl carbamates (subject to hydrolysis) is 1. The number of anilines is 1. The molecule has 2 N–H and O–H groups in total. The average molecular weight is 614 g/mol. The first-order valence-electron chi connectivity index (χ1n) is 15.6. The zero-order chi connectivity index (χ0) is 32.4. The highest BCUT2D eigenvalue weighted by Gasteiger charge is 2.37. The topological polar surface area (TPSA) is 116 Å². The van der Waals surface area contributed by atoms with Crippen LogP contribution in [0.1, 0.15) is 86.0 Å². The lowest BCUT2D eigenvalue weighted by atomic mass is 9.95. The third kappa shape index (κ3) is 9.41. The van der Waals surface area contributed by atoms with Crippen molar-refractivity contribution >= 4 is 29.6 Å². The lowest BCUT2D eigenvalue weighted by molar-refractivity contribution is -0.137. The first-order valence-corrected chi connectivity index (χ1v) is 15.6. The number of nitrogens with zero attached hydrogens (tertiary/aromatic N) is 2. The van der Waals surface area contributed by atoms with Gasteiger partial charge in [0.05, 0.1) is 23.7 Å². The molecule has 3 aromatic rings. The number of nitrogens with one attached hydrogen (secondary N) is 1. The Bertz CT molecular complexity index is 1430. The van der Waals surface area contributed by atoms with Crippen LogP contribution in [0, 0.1) is 0 Å². The molecule has 0 spiro atoms. The Kier molecular flexibility index (Phi) is 11.4. The molecule has 0 aromatic heterocycles. The molecular formula is C36H43N3O6. The molecule has 0 aliphatic carbocycles. The molecule has 0 fully saturated rings. The molecule has 0 atom stereocenters. The van der Waals surface area contributed by atoms with Crippen LogP contribution in [0.5, 0.6) is 0 Å². The molecule has 0 unspecified atom stereocenters. The summed E-state index contributed by atoms with van der Waals surface area (Å²) in [4.78, 5) is 54.2. The summed E-state index contributed by atoms with van der Waals surface area (Å²) in [5, 5.41) is 12.1. The molecule has 1 aliphatic rings. The molecule has 4 rings (SSSR count). The first kappa shape index (κ1) is 33.2. The fourth-order valence-corrected chi connectivity index (χ4v) is 5.50. The molecule has 3 amide bonds. The molecule has 0 radical (unpaired) electrons. The third-order valence-corrected chi connectivity index (χ3v) is 7.58. The van der Waals surface area contributed by atoms with Crippen LogP contribution in [-0.2, 0) is 20.7 Å². The number of fused-ring (bicyclic) bond motifs is 1. The van der Waals surface area contributed by atoms with Crippen LogP contribution < -0.4 is 10.2 Å². The second-order valence-electron chi connectivity index (χ2n) is 12.3. The Morgan fingerprint density at radius 2 is 1.51 bits per heavy atom. The molecule has 9 heteroatoms. The van der Waals surface area contributed by atoms with Crippen LogP contribution in [0.15, 0.2) is 78.9 Å². The van der Waals surface area contributed by atoms with E-state index in [-0.39, 0.29) is 31.3 Å². The van der Waals surface area contributed by atoms with Gasteiger partial charge >= 0.3 is 12.1 Å². The fraction of sp³-hybridized carbons (Fsp3) is 0.389. The van der Waals surface area contributed by atoms with E-state index in [2.05, 4.69) is 5.32 Å². The molecule has 45 heavy (non-hydrogen) atoms. The van der Waals surface area contributed by atoms with Crippen molar-refractivity contribution in [3.8, 4) is 0 Å². The summed E-state index contributed by atoms with van der Waals surface area (Å²) in [6.07, 6.45) is 3.67. The van der Waals surface area contributed by atoms with Gasteiger partial charge in [-0.15, -0.1) is 0 Å². The smallest absolute Gasteiger partial charge is 0.407 e. The van der Waals surface area contributed by atoms with Crippen molar-refractivity contribution < 1.29 is 29.0 Å². The minimum atomic E-state index is -1.03. The number of carboxylic acids is 1. The van der Waals surface area contributed by atoms with Gasteiger partial charge in [0.1, 0.15) is 12.1 Å². The van der Waals surface area contributed by atoms with Gasteiger partial charge in [-0.1, -0.05) is 79.6 Å². The second kappa shape index (κ2) is 15.4. The van der Waals surface area contributed by atoms with Crippen LogP contribution in [0.4, 0.5) is 10.5 Å². The summed E-state index contributed by atoms with van der Waals surface area (Å²) < 4.78 is 5.27. The van der Waals surface area contributed by atoms with E-state index in [0.29, 0.717) is 17.8 Å². The fourth-order valence-electron chi connectivity index (χ4n) is 5.50. The quantitative estimate of drug-likeness (QED) is 0.217. The number of hydrogen-bond donors (Lipinski definition) is 2. The van der Waals surface area contributed by atoms with Crippen molar-refractivity contribution in [2.45, 2.75) is 70.9 Å². The van der Waals surface area contributed by atoms with Gasteiger partial charge < -0.3 is 20.1 Å². The molecule has 9 nitrogen and oxygen atoms in total. The third-order valence-electron chi connectivity index (χ3n) is 7.58. The maximum absolute atomic E-state index is 14.0. The van der Waals surface area contributed by atoms with E-state index in [1.165, 1.54) is 4.90 Å². The number of ether oxygens (including phenoxy) is 1. The van der Waals surface area contributed by atoms with Crippen LogP contribution in [0.3, 0.4) is 0 Å². The minimum Gasteiger partial charge on any atom is -0.481 e. The molecule has 0 bridgehead atoms. The first-order chi connectivity index (χ1) is 21.5. The Labute approximate surface area is 265 Å². The van der Waals surface area contributed by atoms with Gasteiger partial charge in [0, 0.05) is 13.1 Å². The van der Waals surface area contributed by atoms with Gasteiger partial charge in [0.25, 0.3) is 5.91 Å². The van der Waals surface area contributed by atoms with E-state index in [1.807, 2.05) is 99.6 Å². The zero-order valence-electron chi connectivity index (χ0n) is 26.3. The standard InChI is InChI=1S/C36H43N3O6/c1-36(2,3)45-35(44)37-22-13-5-4-8-14-26-19-20-30-29(24-26)34(43)38(23-21-32(41)42)25-31(40)39(30)33(27-15-9-6-10-16-27)28-17-11-7-12-18-28/h6-7,9-12,15-20,24,33H,4-5,8,13-14,21-23,25H2,1-3H3,(H,37,44)(H,41,42). The average Bonchev–Trinajstić information content (AvgIpc) is 3.10. The predicted octanol–water partition coefficient (Wildman–Crippen LogP) is 6.37. The van der Waals surface area contributed by atoms with Crippen molar-refractivity contribution in [2.75, 3.05) is 24.5 Å². The van der Waals surface area contributed by atoms with Gasteiger partial charge in [-0.25, -0.2) is 4.79 Å². The summed E-state index contributed by atoms with van der Waals surface area (Å²) in [7, 11) is 0. The number of carbonyl (C=O) groups excluding carboxylic acids is 3. The molecule has 0 saturated carbocycles. The summed E-state index contributed by atoms with van der Waals surface area (Å²) in [6.45, 7) is 5.76. The van der Waals surface area contributed by atoms with E-state index in [9.17, 15) is 24.3 Å². The Hall–Kier alpha value is -4.66. The van der Waals surface area contributed by atoms with Gasteiger partial charge in [-0.05, 0) is 68.9 Å². The highest BCUT2D eigenvalue weighted by Crippen LogP contribution is 2.37. The highest BCUT2D eigenvalue weighted by atomic mass is 16.6. The Morgan fingerprint density at radius 3 is 2.11 bits per heavy atom. The van der Waals surface area contributed by atoms with Gasteiger partial charge in [0.15, 0.2) is 0 Å². The highest BCUT2D eigenvalue weighted by molar-refractivity contribution is 6.10. The molecule has 238 valence electrons. The lowest BCUT2D eigenvalue weighted by Gasteiger charge is -2.33. The summed E-state index contributed by atoms with van der Waals surface area (Å²) in [5.41, 5.74) is 3.15. The normalized spacial score (nSPS) is 13.4. The zero-order valence-corrected chi connectivity index (χ0v) is 26.3. The predicted molar refractivity (Wildman–Crippen MR) is 173 cm³/mol. The minimum absolute atomic E-state index is 0.0594. The van der Waals surface area contributed by atoms with Crippen molar-refractivity contribution in [3.63, 3.8) is 0 Å². The number of aryl methyl sites for hydroxylation is 1. The van der Waals surface area contributed by atoms with Crippen molar-refractivity contribution in [1.82, 2.24) is 10.2 Å². The molecular weight excluding hydrogens is 570 g/mol.